The van der Waals surface area contributed by atoms with E-state index in [-0.39, 0.29) is 18.2 Å². The van der Waals surface area contributed by atoms with Gasteiger partial charge in [-0.05, 0) is 42.7 Å². The first kappa shape index (κ1) is 17.9. The van der Waals surface area contributed by atoms with Crippen LogP contribution in [0, 0.1) is 0 Å². The van der Waals surface area contributed by atoms with E-state index in [4.69, 9.17) is 0 Å². The van der Waals surface area contributed by atoms with Crippen molar-refractivity contribution in [3.05, 3.63) is 57.3 Å². The molecule has 1 aliphatic carbocycles. The lowest BCUT2D eigenvalue weighted by Crippen LogP contribution is -2.46. The molecule has 1 saturated heterocycles. The Kier molecular flexibility index (Phi) is 4.60. The number of aryl methyl sites for hydroxylation is 2. The minimum Gasteiger partial charge on any atom is -0.319 e. The van der Waals surface area contributed by atoms with Crippen LogP contribution < -0.4 is 5.32 Å². The van der Waals surface area contributed by atoms with Crippen LogP contribution in [0.5, 0.6) is 0 Å². The first-order chi connectivity index (χ1) is 13.0. The number of urea groups is 1. The molecule has 0 radical (unpaired) electrons. The molecule has 1 aromatic carbocycles. The zero-order valence-corrected chi connectivity index (χ0v) is 16.1. The van der Waals surface area contributed by atoms with Gasteiger partial charge in [0.25, 0.3) is 5.91 Å². The SMILES string of the molecule is CCCc1ccc(C(=O)CN2C(=O)N[C@]3(CCCc4sccc43)C2=O)cc1. The highest BCUT2D eigenvalue weighted by Gasteiger charge is 2.54. The van der Waals surface area contributed by atoms with Gasteiger partial charge in [0.05, 0.1) is 6.54 Å². The number of rotatable bonds is 5. The molecule has 27 heavy (non-hydrogen) atoms. The average molecular weight is 382 g/mol. The number of fused-ring (bicyclic) bond motifs is 2. The van der Waals surface area contributed by atoms with E-state index < -0.39 is 11.6 Å². The van der Waals surface area contributed by atoms with Crippen molar-refractivity contribution in [1.82, 2.24) is 10.2 Å². The Labute approximate surface area is 162 Å². The highest BCUT2D eigenvalue weighted by atomic mass is 32.1. The molecule has 0 bridgehead atoms. The summed E-state index contributed by atoms with van der Waals surface area (Å²) in [6.07, 6.45) is 4.37. The molecular weight excluding hydrogens is 360 g/mol. The molecule has 0 saturated carbocycles. The van der Waals surface area contributed by atoms with Crippen LogP contribution in [-0.2, 0) is 23.2 Å². The smallest absolute Gasteiger partial charge is 0.319 e. The summed E-state index contributed by atoms with van der Waals surface area (Å²) in [4.78, 5) is 40.6. The molecule has 6 heteroatoms. The number of ketones is 1. The average Bonchev–Trinajstić information content (AvgIpc) is 3.23. The van der Waals surface area contributed by atoms with Crippen LogP contribution in [0.15, 0.2) is 35.7 Å². The molecule has 1 aromatic heterocycles. The topological polar surface area (TPSA) is 66.5 Å². The van der Waals surface area contributed by atoms with Crippen molar-refractivity contribution in [2.75, 3.05) is 6.54 Å². The monoisotopic (exact) mass is 382 g/mol. The van der Waals surface area contributed by atoms with E-state index in [9.17, 15) is 14.4 Å². The maximum Gasteiger partial charge on any atom is 0.325 e. The second-order valence-electron chi connectivity index (χ2n) is 7.21. The number of hydrogen-bond acceptors (Lipinski definition) is 4. The van der Waals surface area contributed by atoms with E-state index in [1.54, 1.807) is 23.5 Å². The van der Waals surface area contributed by atoms with Gasteiger partial charge in [-0.2, -0.15) is 0 Å². The maximum atomic E-state index is 13.2. The van der Waals surface area contributed by atoms with Crippen LogP contribution in [0.25, 0.3) is 0 Å². The lowest BCUT2D eigenvalue weighted by molar-refractivity contribution is -0.131. The lowest BCUT2D eigenvalue weighted by atomic mass is 9.80. The van der Waals surface area contributed by atoms with Gasteiger partial charge in [-0.25, -0.2) is 4.79 Å². The van der Waals surface area contributed by atoms with Crippen LogP contribution in [0.2, 0.25) is 0 Å². The van der Waals surface area contributed by atoms with E-state index in [0.29, 0.717) is 12.0 Å². The molecule has 140 valence electrons. The molecule has 3 amide bonds. The number of hydrogen-bond donors (Lipinski definition) is 1. The molecule has 1 N–H and O–H groups in total. The highest BCUT2D eigenvalue weighted by molar-refractivity contribution is 7.10. The number of Topliss-reactive ketones (excluding diaryl/α,β-unsaturated/α-hetero) is 1. The zero-order valence-electron chi connectivity index (χ0n) is 15.3. The van der Waals surface area contributed by atoms with Gasteiger partial charge in [0.2, 0.25) is 0 Å². The highest BCUT2D eigenvalue weighted by Crippen LogP contribution is 2.42. The third-order valence-electron chi connectivity index (χ3n) is 5.45. The molecule has 1 fully saturated rings. The van der Waals surface area contributed by atoms with Crippen molar-refractivity contribution in [2.24, 2.45) is 0 Å². The van der Waals surface area contributed by atoms with E-state index in [1.807, 2.05) is 23.6 Å². The fraction of sp³-hybridized carbons (Fsp3) is 0.381. The minimum atomic E-state index is -0.990. The van der Waals surface area contributed by atoms with Crippen LogP contribution in [0.3, 0.4) is 0 Å². The standard InChI is InChI=1S/C21H22N2O3S/c1-2-4-14-6-8-15(9-7-14)17(24)13-23-19(25)21(22-20(23)26)11-3-5-18-16(21)10-12-27-18/h6-10,12H,2-5,11,13H2,1H3,(H,22,26)/t21-/m0/s1. The van der Waals surface area contributed by atoms with E-state index in [0.717, 1.165) is 41.0 Å². The summed E-state index contributed by atoms with van der Waals surface area (Å²) in [5.74, 6) is -0.525. The van der Waals surface area contributed by atoms with Gasteiger partial charge in [0, 0.05) is 16.0 Å². The van der Waals surface area contributed by atoms with Gasteiger partial charge in [0.1, 0.15) is 5.54 Å². The first-order valence-corrected chi connectivity index (χ1v) is 10.3. The molecule has 2 heterocycles. The van der Waals surface area contributed by atoms with Gasteiger partial charge < -0.3 is 5.32 Å². The van der Waals surface area contributed by atoms with Crippen molar-refractivity contribution in [1.29, 1.82) is 0 Å². The zero-order chi connectivity index (χ0) is 19.0. The Morgan fingerprint density at radius 3 is 2.74 bits per heavy atom. The minimum absolute atomic E-state index is 0.222. The number of nitrogens with one attached hydrogen (secondary N) is 1. The quantitative estimate of drug-likeness (QED) is 0.634. The number of imide groups is 1. The van der Waals surface area contributed by atoms with Gasteiger partial charge in [-0.15, -0.1) is 11.3 Å². The second-order valence-corrected chi connectivity index (χ2v) is 8.21. The van der Waals surface area contributed by atoms with Gasteiger partial charge in [0.15, 0.2) is 5.78 Å². The summed E-state index contributed by atoms with van der Waals surface area (Å²) in [7, 11) is 0. The Morgan fingerprint density at radius 2 is 2.00 bits per heavy atom. The van der Waals surface area contributed by atoms with Crippen molar-refractivity contribution < 1.29 is 14.4 Å². The Morgan fingerprint density at radius 1 is 1.22 bits per heavy atom. The summed E-state index contributed by atoms with van der Waals surface area (Å²) in [5, 5.41) is 4.85. The van der Waals surface area contributed by atoms with Crippen molar-refractivity contribution in [3.63, 3.8) is 0 Å². The van der Waals surface area contributed by atoms with Gasteiger partial charge in [-0.1, -0.05) is 37.6 Å². The largest absolute Gasteiger partial charge is 0.325 e. The molecule has 0 unspecified atom stereocenters. The van der Waals surface area contributed by atoms with E-state index in [2.05, 4.69) is 12.2 Å². The number of benzene rings is 1. The summed E-state index contributed by atoms with van der Waals surface area (Å²) >= 11 is 1.62. The first-order valence-electron chi connectivity index (χ1n) is 9.38. The molecule has 5 nitrogen and oxygen atoms in total. The number of thiophene rings is 1. The molecule has 1 aliphatic heterocycles. The number of nitrogens with zero attached hydrogens (tertiary/aromatic N) is 1. The summed E-state index contributed by atoms with van der Waals surface area (Å²) in [6.45, 7) is 1.88. The lowest BCUT2D eigenvalue weighted by Gasteiger charge is -2.31. The molecule has 4 rings (SSSR count). The molecule has 2 aliphatic rings. The van der Waals surface area contributed by atoms with Crippen LogP contribution in [0.4, 0.5) is 4.79 Å². The molecule has 2 aromatic rings. The van der Waals surface area contributed by atoms with E-state index >= 15 is 0 Å². The van der Waals surface area contributed by atoms with Crippen LogP contribution in [-0.4, -0.2) is 29.2 Å². The predicted molar refractivity (Wildman–Crippen MR) is 104 cm³/mol. The normalized spacial score (nSPS) is 21.4. The van der Waals surface area contributed by atoms with Crippen molar-refractivity contribution >= 4 is 29.1 Å². The number of carbonyl (C=O) groups is 3. The van der Waals surface area contributed by atoms with Crippen LogP contribution in [0.1, 0.15) is 52.5 Å². The Balaban J connectivity index is 1.54. The Hall–Kier alpha value is -2.47. The summed E-state index contributed by atoms with van der Waals surface area (Å²) < 4.78 is 0. The number of amides is 3. The number of carbonyl (C=O) groups excluding carboxylic acids is 3. The summed E-state index contributed by atoms with van der Waals surface area (Å²) in [6, 6.07) is 8.87. The van der Waals surface area contributed by atoms with E-state index in [1.165, 1.54) is 5.56 Å². The second kappa shape index (κ2) is 6.93. The fourth-order valence-electron chi connectivity index (χ4n) is 4.07. The Bertz CT molecular complexity index is 902. The van der Waals surface area contributed by atoms with Crippen molar-refractivity contribution in [2.45, 2.75) is 44.6 Å². The molecule has 1 spiro atoms. The molecule has 1 atom stereocenters. The van der Waals surface area contributed by atoms with Gasteiger partial charge >= 0.3 is 6.03 Å². The van der Waals surface area contributed by atoms with Crippen molar-refractivity contribution in [3.8, 4) is 0 Å². The predicted octanol–water partition coefficient (Wildman–Crippen LogP) is 3.67. The maximum absolute atomic E-state index is 13.2. The molecular formula is C21H22N2O3S. The third-order valence-corrected chi connectivity index (χ3v) is 6.43. The van der Waals surface area contributed by atoms with Gasteiger partial charge in [-0.3, -0.25) is 14.5 Å². The summed E-state index contributed by atoms with van der Waals surface area (Å²) in [5.41, 5.74) is 1.61. The fourth-order valence-corrected chi connectivity index (χ4v) is 5.07. The van der Waals surface area contributed by atoms with Crippen LogP contribution >= 0.6 is 11.3 Å². The third kappa shape index (κ3) is 2.98.